The maximum absolute atomic E-state index is 13.6. The third-order valence-corrected chi connectivity index (χ3v) is 5.29. The number of carbonyl (C=O) groups is 1. The summed E-state index contributed by atoms with van der Waals surface area (Å²) in [6.07, 6.45) is 2.54. The number of nitrogens with one attached hydrogen (secondary N) is 1. The first-order valence-corrected chi connectivity index (χ1v) is 10.1. The second-order valence-corrected chi connectivity index (χ2v) is 7.19. The molecule has 5 nitrogen and oxygen atoms in total. The molecule has 1 unspecified atom stereocenters. The molecule has 0 bridgehead atoms. The Balaban J connectivity index is 2.28. The van der Waals surface area contributed by atoms with Gasteiger partial charge in [0.15, 0.2) is 0 Å². The first-order valence-electron chi connectivity index (χ1n) is 10.1. The lowest BCUT2D eigenvalue weighted by molar-refractivity contribution is -0.138. The SMILES string of the molecule is CCCc1nc2c(c(N)c1CC)C(c1ccc(F)cc1)C(C(=O)OCC)=C(C)N2. The van der Waals surface area contributed by atoms with Crippen molar-refractivity contribution in [2.24, 2.45) is 0 Å². The van der Waals surface area contributed by atoms with Crippen molar-refractivity contribution in [1.82, 2.24) is 4.98 Å². The van der Waals surface area contributed by atoms with Gasteiger partial charge in [-0.2, -0.15) is 0 Å². The molecule has 2 aromatic rings. The largest absolute Gasteiger partial charge is 0.463 e. The number of aryl methyl sites for hydroxylation is 1. The summed E-state index contributed by atoms with van der Waals surface area (Å²) in [5.74, 6) is -0.560. The van der Waals surface area contributed by atoms with Crippen molar-refractivity contribution in [3.8, 4) is 0 Å². The molecule has 0 spiro atoms. The molecule has 0 aliphatic carbocycles. The Labute approximate surface area is 171 Å². The monoisotopic (exact) mass is 397 g/mol. The number of hydrogen-bond acceptors (Lipinski definition) is 5. The third-order valence-electron chi connectivity index (χ3n) is 5.29. The zero-order valence-electron chi connectivity index (χ0n) is 17.4. The van der Waals surface area contributed by atoms with E-state index < -0.39 is 11.9 Å². The molecule has 3 rings (SSSR count). The Bertz CT molecular complexity index is 952. The van der Waals surface area contributed by atoms with Gasteiger partial charge in [0.05, 0.1) is 12.2 Å². The van der Waals surface area contributed by atoms with Crippen molar-refractivity contribution in [1.29, 1.82) is 0 Å². The lowest BCUT2D eigenvalue weighted by Gasteiger charge is -2.32. The number of ether oxygens (including phenoxy) is 1. The van der Waals surface area contributed by atoms with Crippen LogP contribution in [0.4, 0.5) is 15.9 Å². The average Bonchev–Trinajstić information content (AvgIpc) is 2.68. The molecule has 3 N–H and O–H groups in total. The van der Waals surface area contributed by atoms with Crippen LogP contribution in [-0.4, -0.2) is 17.6 Å². The predicted molar refractivity (Wildman–Crippen MR) is 113 cm³/mol. The summed E-state index contributed by atoms with van der Waals surface area (Å²) in [5.41, 5.74) is 11.9. The summed E-state index contributed by atoms with van der Waals surface area (Å²) in [6.45, 7) is 8.02. The second kappa shape index (κ2) is 8.64. The van der Waals surface area contributed by atoms with E-state index >= 15 is 0 Å². The molecule has 29 heavy (non-hydrogen) atoms. The Hall–Kier alpha value is -2.89. The van der Waals surface area contributed by atoms with E-state index in [-0.39, 0.29) is 12.4 Å². The predicted octanol–water partition coefficient (Wildman–Crippen LogP) is 4.71. The van der Waals surface area contributed by atoms with Gasteiger partial charge in [-0.3, -0.25) is 0 Å². The number of aromatic nitrogens is 1. The number of anilines is 2. The zero-order valence-corrected chi connectivity index (χ0v) is 17.4. The quantitative estimate of drug-likeness (QED) is 0.690. The highest BCUT2D eigenvalue weighted by atomic mass is 19.1. The molecule has 6 heteroatoms. The molecule has 0 amide bonds. The molecule has 2 heterocycles. The van der Waals surface area contributed by atoms with Gasteiger partial charge in [0, 0.05) is 28.6 Å². The lowest BCUT2D eigenvalue weighted by Crippen LogP contribution is -2.27. The number of fused-ring (bicyclic) bond motifs is 1. The van der Waals surface area contributed by atoms with Crippen LogP contribution in [-0.2, 0) is 22.4 Å². The van der Waals surface area contributed by atoms with Crippen LogP contribution in [0.3, 0.4) is 0 Å². The summed E-state index contributed by atoms with van der Waals surface area (Å²) < 4.78 is 18.9. The highest BCUT2D eigenvalue weighted by Crippen LogP contribution is 2.45. The Kier molecular flexibility index (Phi) is 6.20. The van der Waals surface area contributed by atoms with Crippen molar-refractivity contribution < 1.29 is 13.9 Å². The van der Waals surface area contributed by atoms with Crippen LogP contribution in [0.5, 0.6) is 0 Å². The standard InChI is InChI=1S/C23H28FN3O2/c1-5-8-17-16(6-2)21(25)20-19(14-9-11-15(24)12-10-14)18(23(28)29-7-3)13(4)26-22(20)27-17/h9-12,19H,5-8H2,1-4H3,(H3,25,26,27). The number of nitrogens with zero attached hydrogens (tertiary/aromatic N) is 1. The average molecular weight is 397 g/mol. The molecule has 0 fully saturated rings. The number of pyridine rings is 1. The number of nitrogens with two attached hydrogens (primary N) is 1. The van der Waals surface area contributed by atoms with Gasteiger partial charge in [-0.25, -0.2) is 14.2 Å². The Morgan fingerprint density at radius 2 is 1.93 bits per heavy atom. The van der Waals surface area contributed by atoms with Gasteiger partial charge in [0.25, 0.3) is 0 Å². The minimum atomic E-state index is -0.473. The molecule has 1 aliphatic rings. The molecule has 1 aromatic heterocycles. The molecular weight excluding hydrogens is 369 g/mol. The number of rotatable bonds is 6. The van der Waals surface area contributed by atoms with E-state index in [2.05, 4.69) is 19.2 Å². The molecule has 0 saturated heterocycles. The fraction of sp³-hybridized carbons (Fsp3) is 0.391. The third kappa shape index (κ3) is 3.84. The highest BCUT2D eigenvalue weighted by molar-refractivity contribution is 5.95. The maximum Gasteiger partial charge on any atom is 0.336 e. The van der Waals surface area contributed by atoms with E-state index in [1.807, 2.05) is 6.92 Å². The molecule has 154 valence electrons. The number of hydrogen-bond donors (Lipinski definition) is 2. The first kappa shape index (κ1) is 20.8. The van der Waals surface area contributed by atoms with Gasteiger partial charge in [0.1, 0.15) is 11.6 Å². The van der Waals surface area contributed by atoms with E-state index in [4.69, 9.17) is 15.5 Å². The Morgan fingerprint density at radius 3 is 2.52 bits per heavy atom. The first-order chi connectivity index (χ1) is 13.9. The maximum atomic E-state index is 13.6. The summed E-state index contributed by atoms with van der Waals surface area (Å²) >= 11 is 0. The fourth-order valence-electron chi connectivity index (χ4n) is 4.01. The van der Waals surface area contributed by atoms with Crippen molar-refractivity contribution in [2.75, 3.05) is 17.7 Å². The van der Waals surface area contributed by atoms with Gasteiger partial charge in [-0.1, -0.05) is 32.4 Å². The van der Waals surface area contributed by atoms with E-state index in [1.54, 1.807) is 19.1 Å². The summed E-state index contributed by atoms with van der Waals surface area (Å²) in [4.78, 5) is 17.7. The van der Waals surface area contributed by atoms with E-state index in [1.165, 1.54) is 12.1 Å². The van der Waals surface area contributed by atoms with Crippen LogP contribution >= 0.6 is 0 Å². The van der Waals surface area contributed by atoms with Crippen LogP contribution in [0.15, 0.2) is 35.5 Å². The van der Waals surface area contributed by atoms with E-state index in [0.29, 0.717) is 22.8 Å². The second-order valence-electron chi connectivity index (χ2n) is 7.19. The number of esters is 1. The van der Waals surface area contributed by atoms with Gasteiger partial charge < -0.3 is 15.8 Å². The van der Waals surface area contributed by atoms with Gasteiger partial charge in [-0.05, 0) is 49.9 Å². The summed E-state index contributed by atoms with van der Waals surface area (Å²) in [5, 5.41) is 3.26. The number of allylic oxidation sites excluding steroid dienone is 1. The van der Waals surface area contributed by atoms with Crippen molar-refractivity contribution in [3.63, 3.8) is 0 Å². The number of benzene rings is 1. The number of nitrogen functional groups attached to an aromatic ring is 1. The van der Waals surface area contributed by atoms with Crippen molar-refractivity contribution >= 4 is 17.5 Å². The fourth-order valence-corrected chi connectivity index (χ4v) is 4.01. The van der Waals surface area contributed by atoms with Gasteiger partial charge >= 0.3 is 5.97 Å². The van der Waals surface area contributed by atoms with Crippen molar-refractivity contribution in [3.05, 3.63) is 63.7 Å². The molecule has 1 aromatic carbocycles. The topological polar surface area (TPSA) is 77.2 Å². The normalized spacial score (nSPS) is 15.7. The van der Waals surface area contributed by atoms with Crippen LogP contribution in [0.1, 0.15) is 62.4 Å². The molecule has 0 saturated carbocycles. The summed E-state index contributed by atoms with van der Waals surface area (Å²) in [6, 6.07) is 6.16. The molecule has 1 atom stereocenters. The zero-order chi connectivity index (χ0) is 21.1. The number of carbonyl (C=O) groups excluding carboxylic acids is 1. The van der Waals surface area contributed by atoms with Gasteiger partial charge in [-0.15, -0.1) is 0 Å². The van der Waals surface area contributed by atoms with Crippen LogP contribution in [0.25, 0.3) is 0 Å². The molecule has 0 radical (unpaired) electrons. The molecule has 1 aliphatic heterocycles. The van der Waals surface area contributed by atoms with E-state index in [0.717, 1.165) is 41.6 Å². The van der Waals surface area contributed by atoms with Crippen molar-refractivity contribution in [2.45, 2.75) is 52.9 Å². The smallest absolute Gasteiger partial charge is 0.336 e. The number of halogens is 1. The van der Waals surface area contributed by atoms with Crippen LogP contribution in [0.2, 0.25) is 0 Å². The highest BCUT2D eigenvalue weighted by Gasteiger charge is 2.36. The Morgan fingerprint density at radius 1 is 1.24 bits per heavy atom. The minimum Gasteiger partial charge on any atom is -0.463 e. The molecular formula is C23H28FN3O2. The minimum absolute atomic E-state index is 0.266. The lowest BCUT2D eigenvalue weighted by atomic mass is 9.80. The van der Waals surface area contributed by atoms with Gasteiger partial charge in [0.2, 0.25) is 0 Å². The summed E-state index contributed by atoms with van der Waals surface area (Å²) in [7, 11) is 0. The van der Waals surface area contributed by atoms with Crippen LogP contribution in [0, 0.1) is 5.82 Å². The van der Waals surface area contributed by atoms with Crippen LogP contribution < -0.4 is 11.1 Å². The van der Waals surface area contributed by atoms with E-state index in [9.17, 15) is 9.18 Å².